The van der Waals surface area contributed by atoms with Crippen LogP contribution in [-0.4, -0.2) is 55.2 Å². The minimum atomic E-state index is -0.559. The van der Waals surface area contributed by atoms with Gasteiger partial charge in [-0.1, -0.05) is 11.6 Å². The molecule has 0 atom stereocenters. The topological polar surface area (TPSA) is 96.7 Å². The number of hydrogen-bond donors (Lipinski definition) is 2. The van der Waals surface area contributed by atoms with Gasteiger partial charge in [0.1, 0.15) is 0 Å². The fourth-order valence-electron chi connectivity index (χ4n) is 3.39. The van der Waals surface area contributed by atoms with E-state index in [0.717, 1.165) is 43.7 Å². The quantitative estimate of drug-likeness (QED) is 0.662. The number of carbonyl (C=O) groups excluding carboxylic acids is 2. The van der Waals surface area contributed by atoms with Crippen molar-refractivity contribution in [2.24, 2.45) is 5.92 Å². The summed E-state index contributed by atoms with van der Waals surface area (Å²) >= 11 is 5.93. The van der Waals surface area contributed by atoms with E-state index in [2.05, 4.69) is 20.5 Å². The zero-order valence-corrected chi connectivity index (χ0v) is 17.8. The van der Waals surface area contributed by atoms with E-state index >= 15 is 0 Å². The molecule has 3 rings (SSSR count). The maximum absolute atomic E-state index is 11.5. The molecule has 2 aromatic rings. The highest BCUT2D eigenvalue weighted by Gasteiger charge is 2.21. The number of alkyl carbamates (subject to hydrolysis) is 1. The van der Waals surface area contributed by atoms with Gasteiger partial charge in [-0.15, -0.1) is 0 Å². The number of benzene rings is 1. The second-order valence-electron chi connectivity index (χ2n) is 7.31. The van der Waals surface area contributed by atoms with Gasteiger partial charge in [-0.3, -0.25) is 9.69 Å². The molecule has 1 aliphatic heterocycles. The number of hydrogen-bond acceptors (Lipinski definition) is 6. The highest BCUT2D eigenvalue weighted by atomic mass is 35.5. The highest BCUT2D eigenvalue weighted by Crippen LogP contribution is 2.25. The summed E-state index contributed by atoms with van der Waals surface area (Å²) < 4.78 is 10.7. The molecule has 0 radical (unpaired) electrons. The molecule has 1 saturated heterocycles. The standard InChI is InChI=1S/C21H27ClN4O4/c1-23-19(27)14-29-21(28)24-9-6-15-7-10-26(11-8-15)13-20-25-12-18(30-20)16-2-4-17(22)5-3-16/h2-5,12,15H,6-11,13-14H2,1H3,(H,23,27)(H,24,28). The summed E-state index contributed by atoms with van der Waals surface area (Å²) in [6.07, 6.45) is 4.19. The van der Waals surface area contributed by atoms with Gasteiger partial charge in [0.05, 0.1) is 12.7 Å². The van der Waals surface area contributed by atoms with Gasteiger partial charge in [-0.2, -0.15) is 0 Å². The normalized spacial score (nSPS) is 15.0. The van der Waals surface area contributed by atoms with E-state index in [1.165, 1.54) is 7.05 Å². The van der Waals surface area contributed by atoms with Crippen molar-refractivity contribution in [2.75, 3.05) is 33.3 Å². The van der Waals surface area contributed by atoms with E-state index in [1.807, 2.05) is 24.3 Å². The largest absolute Gasteiger partial charge is 0.439 e. The van der Waals surface area contributed by atoms with Crippen LogP contribution in [-0.2, 0) is 16.1 Å². The summed E-state index contributed by atoms with van der Waals surface area (Å²) in [6.45, 7) is 2.89. The number of rotatable bonds is 8. The Hall–Kier alpha value is -2.58. The summed E-state index contributed by atoms with van der Waals surface area (Å²) in [4.78, 5) is 29.3. The zero-order chi connectivity index (χ0) is 21.3. The van der Waals surface area contributed by atoms with Crippen LogP contribution >= 0.6 is 11.6 Å². The number of amides is 2. The van der Waals surface area contributed by atoms with Crippen LogP contribution in [0.15, 0.2) is 34.9 Å². The van der Waals surface area contributed by atoms with Crippen LogP contribution in [0.3, 0.4) is 0 Å². The van der Waals surface area contributed by atoms with Crippen LogP contribution in [0.25, 0.3) is 11.3 Å². The molecule has 2 amide bonds. The van der Waals surface area contributed by atoms with Crippen molar-refractivity contribution in [1.29, 1.82) is 0 Å². The number of carbonyl (C=O) groups is 2. The van der Waals surface area contributed by atoms with E-state index in [9.17, 15) is 9.59 Å². The molecule has 30 heavy (non-hydrogen) atoms. The average molecular weight is 435 g/mol. The maximum atomic E-state index is 11.5. The highest BCUT2D eigenvalue weighted by molar-refractivity contribution is 6.30. The summed E-state index contributed by atoms with van der Waals surface area (Å²) in [5, 5.41) is 5.78. The van der Waals surface area contributed by atoms with Crippen LogP contribution in [0.1, 0.15) is 25.2 Å². The number of nitrogens with zero attached hydrogens (tertiary/aromatic N) is 2. The lowest BCUT2D eigenvalue weighted by Crippen LogP contribution is -2.35. The van der Waals surface area contributed by atoms with Gasteiger partial charge in [0.25, 0.3) is 5.91 Å². The number of piperidine rings is 1. The molecule has 0 saturated carbocycles. The Morgan fingerprint density at radius 2 is 2.00 bits per heavy atom. The lowest BCUT2D eigenvalue weighted by atomic mass is 9.93. The Bertz CT molecular complexity index is 832. The predicted molar refractivity (Wildman–Crippen MR) is 113 cm³/mol. The first-order valence-electron chi connectivity index (χ1n) is 10.1. The van der Waals surface area contributed by atoms with Crippen molar-refractivity contribution in [3.05, 3.63) is 41.4 Å². The van der Waals surface area contributed by atoms with Crippen molar-refractivity contribution in [3.8, 4) is 11.3 Å². The number of oxazole rings is 1. The molecule has 1 fully saturated rings. The number of likely N-dealkylation sites (tertiary alicyclic amines) is 1. The van der Waals surface area contributed by atoms with Crippen molar-refractivity contribution in [3.63, 3.8) is 0 Å². The number of ether oxygens (including phenoxy) is 1. The summed E-state index contributed by atoms with van der Waals surface area (Å²) in [5.41, 5.74) is 0.957. The zero-order valence-electron chi connectivity index (χ0n) is 17.0. The van der Waals surface area contributed by atoms with Gasteiger partial charge in [0.15, 0.2) is 12.4 Å². The third-order valence-corrected chi connectivity index (χ3v) is 5.44. The van der Waals surface area contributed by atoms with Gasteiger partial charge in [0, 0.05) is 24.2 Å². The second-order valence-corrected chi connectivity index (χ2v) is 7.75. The number of aromatic nitrogens is 1. The van der Waals surface area contributed by atoms with Crippen molar-refractivity contribution < 1.29 is 18.7 Å². The number of halogens is 1. The average Bonchev–Trinajstić information content (AvgIpc) is 3.22. The van der Waals surface area contributed by atoms with Crippen molar-refractivity contribution in [2.45, 2.75) is 25.8 Å². The molecule has 8 nitrogen and oxygen atoms in total. The Balaban J connectivity index is 1.34. The first-order valence-corrected chi connectivity index (χ1v) is 10.5. The number of nitrogens with one attached hydrogen (secondary N) is 2. The summed E-state index contributed by atoms with van der Waals surface area (Å²) in [5.74, 6) is 1.67. The Morgan fingerprint density at radius 1 is 1.27 bits per heavy atom. The molecule has 0 spiro atoms. The van der Waals surface area contributed by atoms with Crippen LogP contribution in [0.5, 0.6) is 0 Å². The van der Waals surface area contributed by atoms with Crippen LogP contribution in [0, 0.1) is 5.92 Å². The van der Waals surface area contributed by atoms with Gasteiger partial charge in [-0.05, 0) is 62.5 Å². The van der Waals surface area contributed by atoms with Crippen molar-refractivity contribution in [1.82, 2.24) is 20.5 Å². The van der Waals surface area contributed by atoms with Gasteiger partial charge in [-0.25, -0.2) is 9.78 Å². The smallest absolute Gasteiger partial charge is 0.407 e. The van der Waals surface area contributed by atoms with Gasteiger partial charge in [0.2, 0.25) is 5.89 Å². The predicted octanol–water partition coefficient (Wildman–Crippen LogP) is 3.07. The summed E-state index contributed by atoms with van der Waals surface area (Å²) in [6, 6.07) is 7.50. The molecule has 9 heteroatoms. The first-order chi connectivity index (χ1) is 14.5. The first kappa shape index (κ1) is 22.1. The molecule has 0 unspecified atom stereocenters. The SMILES string of the molecule is CNC(=O)COC(=O)NCCC1CCN(Cc2ncc(-c3ccc(Cl)cc3)o2)CC1. The van der Waals surface area contributed by atoms with E-state index < -0.39 is 6.09 Å². The fourth-order valence-corrected chi connectivity index (χ4v) is 3.51. The molecular weight excluding hydrogens is 408 g/mol. The fraction of sp³-hybridized carbons (Fsp3) is 0.476. The van der Waals surface area contributed by atoms with Crippen LogP contribution in [0.2, 0.25) is 5.02 Å². The van der Waals surface area contributed by atoms with Gasteiger partial charge < -0.3 is 19.8 Å². The molecule has 1 aromatic heterocycles. The van der Waals surface area contributed by atoms with E-state index in [-0.39, 0.29) is 12.5 Å². The minimum absolute atomic E-state index is 0.263. The lowest BCUT2D eigenvalue weighted by Gasteiger charge is -2.31. The van der Waals surface area contributed by atoms with E-state index in [1.54, 1.807) is 6.20 Å². The third-order valence-electron chi connectivity index (χ3n) is 5.18. The number of likely N-dealkylation sites (N-methyl/N-ethyl adjacent to an activating group) is 1. The Labute approximate surface area is 180 Å². The molecular formula is C21H27ClN4O4. The van der Waals surface area contributed by atoms with E-state index in [0.29, 0.717) is 29.9 Å². The Kier molecular flexibility index (Phi) is 8.10. The third kappa shape index (κ3) is 6.74. The monoisotopic (exact) mass is 434 g/mol. The molecule has 1 aliphatic rings. The molecule has 1 aromatic carbocycles. The second kappa shape index (κ2) is 11.0. The summed E-state index contributed by atoms with van der Waals surface area (Å²) in [7, 11) is 1.50. The Morgan fingerprint density at radius 3 is 2.70 bits per heavy atom. The molecule has 2 heterocycles. The van der Waals surface area contributed by atoms with Crippen molar-refractivity contribution >= 4 is 23.6 Å². The van der Waals surface area contributed by atoms with Crippen LogP contribution < -0.4 is 10.6 Å². The van der Waals surface area contributed by atoms with E-state index in [4.69, 9.17) is 20.8 Å². The lowest BCUT2D eigenvalue weighted by molar-refractivity contribution is -0.123. The van der Waals surface area contributed by atoms with Crippen LogP contribution in [0.4, 0.5) is 4.79 Å². The molecule has 0 bridgehead atoms. The minimum Gasteiger partial charge on any atom is -0.439 e. The molecule has 2 N–H and O–H groups in total. The molecule has 162 valence electrons. The maximum Gasteiger partial charge on any atom is 0.407 e. The molecule has 0 aliphatic carbocycles. The van der Waals surface area contributed by atoms with Gasteiger partial charge >= 0.3 is 6.09 Å².